The molecular formula is C61H60N4O. The number of aryl methyl sites for hydroxylation is 1. The van der Waals surface area contributed by atoms with Gasteiger partial charge in [-0.05, 0) is 123 Å². The number of benzene rings is 7. The summed E-state index contributed by atoms with van der Waals surface area (Å²) in [5.74, 6) is 1.87. The van der Waals surface area contributed by atoms with Gasteiger partial charge >= 0.3 is 0 Å². The van der Waals surface area contributed by atoms with Gasteiger partial charge in [-0.25, -0.2) is 4.98 Å². The van der Waals surface area contributed by atoms with Gasteiger partial charge in [-0.1, -0.05) is 153 Å². The Kier molecular flexibility index (Phi) is 9.58. The van der Waals surface area contributed by atoms with Gasteiger partial charge in [0.2, 0.25) is 0 Å². The molecule has 0 atom stereocenters. The quantitative estimate of drug-likeness (QED) is 0.160. The zero-order valence-corrected chi connectivity index (χ0v) is 39.6. The van der Waals surface area contributed by atoms with Gasteiger partial charge < -0.3 is 14.5 Å². The maximum atomic E-state index is 8.70. The Balaban J connectivity index is 1.04. The third-order valence-electron chi connectivity index (χ3n) is 13.1. The molecule has 1 aliphatic heterocycles. The zero-order valence-electron chi connectivity index (χ0n) is 42.6. The van der Waals surface area contributed by atoms with Crippen LogP contribution in [-0.4, -0.2) is 16.2 Å². The zero-order chi connectivity index (χ0) is 48.6. The number of aromatic nitrogens is 2. The smallest absolute Gasteiger partial charge is 0.137 e. The molecule has 66 heavy (non-hydrogen) atoms. The van der Waals surface area contributed by atoms with Crippen LogP contribution in [0.3, 0.4) is 0 Å². The molecule has 1 aliphatic rings. The first kappa shape index (κ1) is 39.3. The van der Waals surface area contributed by atoms with Crippen molar-refractivity contribution in [2.24, 2.45) is 0 Å². The largest absolute Gasteiger partial charge is 0.457 e. The number of fused-ring (bicyclic) bond motifs is 4. The van der Waals surface area contributed by atoms with Crippen molar-refractivity contribution >= 4 is 44.6 Å². The molecule has 0 saturated carbocycles. The maximum Gasteiger partial charge on any atom is 0.137 e. The Morgan fingerprint density at radius 1 is 0.485 bits per heavy atom. The van der Waals surface area contributed by atoms with E-state index in [-0.39, 0.29) is 21.8 Å². The summed E-state index contributed by atoms with van der Waals surface area (Å²) in [7, 11) is 0. The number of anilines is 4. The van der Waals surface area contributed by atoms with Crippen LogP contribution < -0.4 is 14.5 Å². The van der Waals surface area contributed by atoms with Crippen molar-refractivity contribution in [3.63, 3.8) is 0 Å². The molecule has 0 amide bonds. The van der Waals surface area contributed by atoms with Gasteiger partial charge in [-0.15, -0.1) is 0 Å². The molecule has 0 spiro atoms. The van der Waals surface area contributed by atoms with Crippen molar-refractivity contribution in [3.05, 3.63) is 192 Å². The second-order valence-electron chi connectivity index (χ2n) is 20.9. The van der Waals surface area contributed by atoms with Crippen molar-refractivity contribution in [1.29, 1.82) is 0 Å². The first-order valence-electron chi connectivity index (χ1n) is 24.5. The average Bonchev–Trinajstić information content (AvgIpc) is 3.86. The highest BCUT2D eigenvalue weighted by molar-refractivity contribution is 6.09. The van der Waals surface area contributed by atoms with E-state index in [1.165, 1.54) is 22.4 Å². The highest BCUT2D eigenvalue weighted by Gasteiger charge is 2.31. The number of ether oxygens (including phenoxy) is 1. The monoisotopic (exact) mass is 867 g/mol. The summed E-state index contributed by atoms with van der Waals surface area (Å²) >= 11 is 0. The fourth-order valence-electron chi connectivity index (χ4n) is 9.21. The minimum Gasteiger partial charge on any atom is -0.457 e. The van der Waals surface area contributed by atoms with E-state index in [0.717, 1.165) is 55.6 Å². The van der Waals surface area contributed by atoms with Crippen molar-refractivity contribution in [3.8, 4) is 39.6 Å². The summed E-state index contributed by atoms with van der Waals surface area (Å²) in [6, 6.07) is 57.0. The van der Waals surface area contributed by atoms with E-state index in [1.807, 2.05) is 42.5 Å². The lowest BCUT2D eigenvalue weighted by Gasteiger charge is -2.29. The molecule has 5 heteroatoms. The second kappa shape index (κ2) is 16.1. The topological polar surface area (TPSA) is 33.5 Å². The van der Waals surface area contributed by atoms with E-state index in [2.05, 4.69) is 192 Å². The van der Waals surface area contributed by atoms with Crippen molar-refractivity contribution in [1.82, 2.24) is 9.55 Å². The molecule has 0 fully saturated rings. The van der Waals surface area contributed by atoms with Crippen LogP contribution in [0.25, 0.3) is 49.9 Å². The minimum atomic E-state index is -2.38. The van der Waals surface area contributed by atoms with Crippen molar-refractivity contribution < 1.29 is 8.85 Å². The first-order chi connectivity index (χ1) is 32.7. The van der Waals surface area contributed by atoms with Gasteiger partial charge in [0.05, 0.1) is 22.4 Å². The van der Waals surface area contributed by atoms with E-state index in [4.69, 9.17) is 13.8 Å². The molecule has 9 aromatic rings. The molecule has 330 valence electrons. The average molecular weight is 868 g/mol. The predicted molar refractivity (Wildman–Crippen MR) is 279 cm³/mol. The van der Waals surface area contributed by atoms with Crippen LogP contribution in [0.1, 0.15) is 88.7 Å². The third-order valence-corrected chi connectivity index (χ3v) is 13.1. The van der Waals surface area contributed by atoms with Crippen LogP contribution in [0.4, 0.5) is 22.7 Å². The van der Waals surface area contributed by atoms with Gasteiger partial charge in [0.25, 0.3) is 0 Å². The number of hydrogen-bond acceptors (Lipinski definition) is 4. The molecule has 0 bridgehead atoms. The summed E-state index contributed by atoms with van der Waals surface area (Å²) < 4.78 is 35.0. The lowest BCUT2D eigenvalue weighted by molar-refractivity contribution is 0.483. The van der Waals surface area contributed by atoms with Crippen molar-refractivity contribution in [2.45, 2.75) is 85.4 Å². The molecule has 0 aliphatic carbocycles. The summed E-state index contributed by atoms with van der Waals surface area (Å²) in [6.45, 7) is 18.4. The van der Waals surface area contributed by atoms with E-state index in [9.17, 15) is 0 Å². The van der Waals surface area contributed by atoms with Gasteiger partial charge in [0.15, 0.2) is 0 Å². The molecule has 3 heterocycles. The van der Waals surface area contributed by atoms with Gasteiger partial charge in [0.1, 0.15) is 24.0 Å². The fourth-order valence-corrected chi connectivity index (χ4v) is 9.21. The van der Waals surface area contributed by atoms with Crippen LogP contribution in [0.15, 0.2) is 170 Å². The number of pyridine rings is 1. The second-order valence-corrected chi connectivity index (χ2v) is 20.9. The first-order valence-corrected chi connectivity index (χ1v) is 23.0. The van der Waals surface area contributed by atoms with Crippen molar-refractivity contribution in [2.75, 3.05) is 16.5 Å². The normalized spacial score (nSPS) is 14.0. The Hall–Kier alpha value is -7.11. The van der Waals surface area contributed by atoms with Crippen LogP contribution in [0, 0.1) is 6.85 Å². The number of rotatable bonds is 7. The Morgan fingerprint density at radius 3 is 1.89 bits per heavy atom. The highest BCUT2D eigenvalue weighted by Crippen LogP contribution is 2.48. The number of para-hydroxylation sites is 1. The Morgan fingerprint density at radius 2 is 1.15 bits per heavy atom. The third kappa shape index (κ3) is 8.02. The van der Waals surface area contributed by atoms with Crippen LogP contribution >= 0.6 is 0 Å². The minimum absolute atomic E-state index is 0.0284. The molecular weight excluding hydrogens is 805 g/mol. The molecule has 0 radical (unpaired) electrons. The van der Waals surface area contributed by atoms with E-state index >= 15 is 0 Å². The molecule has 0 saturated heterocycles. The van der Waals surface area contributed by atoms with E-state index < -0.39 is 6.85 Å². The summed E-state index contributed by atoms with van der Waals surface area (Å²) in [5.41, 5.74) is 13.8. The standard InChI is InChI=1S/C61H60N4O/c1-40-30-58(62-38-53(40)43-20-16-21-44(31-43)59(2,3)4)65-54-25-15-14-24-51(54)52-28-27-50(37-56(52)65)66-49-23-17-22-47(36-49)63-39-64(48-34-45(60(5,6)7)33-46(35-48)61(8,9)10)55-29-26-42(32-57(55)63)41-18-12-11-13-19-41/h11-38H,39H2,1-10H3/i1D3. The van der Waals surface area contributed by atoms with Gasteiger partial charge in [-0.2, -0.15) is 0 Å². The molecule has 7 aromatic carbocycles. The predicted octanol–water partition coefficient (Wildman–Crippen LogP) is 16.8. The SMILES string of the molecule is [2H]C([2H])([2H])c1cc(-n2c3ccccc3c3ccc(Oc4cccc(N5CN(c6cc(C(C)(C)C)cc(C(C)(C)C)c6)c6ccc(-c7ccccc7)cc65)c4)cc32)ncc1-c1cccc(C(C)(C)C)c1. The number of hydrogen-bond donors (Lipinski definition) is 0. The van der Waals surface area contributed by atoms with Gasteiger partial charge in [0, 0.05) is 50.2 Å². The Labute approximate surface area is 395 Å². The van der Waals surface area contributed by atoms with Crippen LogP contribution in [0.5, 0.6) is 11.5 Å². The molecule has 2 aromatic heterocycles. The Bertz CT molecular complexity index is 3370. The maximum absolute atomic E-state index is 8.70. The summed E-state index contributed by atoms with van der Waals surface area (Å²) in [5, 5.41) is 2.05. The van der Waals surface area contributed by atoms with E-state index in [0.29, 0.717) is 29.5 Å². The lowest BCUT2D eigenvalue weighted by Crippen LogP contribution is -2.25. The molecule has 0 unspecified atom stereocenters. The molecule has 5 nitrogen and oxygen atoms in total. The number of nitrogens with zero attached hydrogens (tertiary/aromatic N) is 4. The lowest BCUT2D eigenvalue weighted by atomic mass is 9.80. The molecule has 0 N–H and O–H groups in total. The van der Waals surface area contributed by atoms with Crippen LogP contribution in [0.2, 0.25) is 0 Å². The van der Waals surface area contributed by atoms with E-state index in [1.54, 1.807) is 12.3 Å². The van der Waals surface area contributed by atoms with Crippen LogP contribution in [-0.2, 0) is 16.2 Å². The summed E-state index contributed by atoms with van der Waals surface area (Å²) in [4.78, 5) is 9.82. The highest BCUT2D eigenvalue weighted by atomic mass is 16.5. The summed E-state index contributed by atoms with van der Waals surface area (Å²) in [6.07, 6.45) is 1.72. The fraction of sp³-hybridized carbons (Fsp3) is 0.230. The van der Waals surface area contributed by atoms with Gasteiger partial charge in [-0.3, -0.25) is 4.57 Å². The molecule has 10 rings (SSSR count).